The van der Waals surface area contributed by atoms with Crippen LogP contribution in [0.3, 0.4) is 0 Å². The highest BCUT2D eigenvalue weighted by atomic mass is 16.5. The normalized spacial score (nSPS) is 17.3. The Labute approximate surface area is 124 Å². The van der Waals surface area contributed by atoms with Crippen molar-refractivity contribution in [2.75, 3.05) is 32.8 Å². The minimum absolute atomic E-state index is 0.187. The molecule has 1 aliphatic rings. The SMILES string of the molecule is CCCC(=O)NCCCCCOC1CCN(CC)CC1. The minimum atomic E-state index is 0.187. The summed E-state index contributed by atoms with van der Waals surface area (Å²) in [7, 11) is 0. The lowest BCUT2D eigenvalue weighted by molar-refractivity contribution is -0.121. The van der Waals surface area contributed by atoms with E-state index in [1.54, 1.807) is 0 Å². The maximum Gasteiger partial charge on any atom is 0.219 e. The quantitative estimate of drug-likeness (QED) is 0.627. The third-order valence-electron chi connectivity index (χ3n) is 3.96. The van der Waals surface area contributed by atoms with Gasteiger partial charge in [0.05, 0.1) is 6.10 Å². The molecular weight excluding hydrogens is 252 g/mol. The van der Waals surface area contributed by atoms with Crippen molar-refractivity contribution < 1.29 is 9.53 Å². The Morgan fingerprint density at radius 3 is 2.60 bits per heavy atom. The number of likely N-dealkylation sites (tertiary alicyclic amines) is 1. The molecule has 0 bridgehead atoms. The maximum atomic E-state index is 11.2. The van der Waals surface area contributed by atoms with Gasteiger partial charge in [0.15, 0.2) is 0 Å². The van der Waals surface area contributed by atoms with Crippen LogP contribution in [-0.4, -0.2) is 49.7 Å². The Balaban J connectivity index is 1.86. The van der Waals surface area contributed by atoms with E-state index in [4.69, 9.17) is 4.74 Å². The Bertz CT molecular complexity index is 251. The van der Waals surface area contributed by atoms with Gasteiger partial charge in [0.2, 0.25) is 5.91 Å². The van der Waals surface area contributed by atoms with Gasteiger partial charge in [-0.15, -0.1) is 0 Å². The van der Waals surface area contributed by atoms with Crippen LogP contribution in [-0.2, 0) is 9.53 Å². The largest absolute Gasteiger partial charge is 0.378 e. The van der Waals surface area contributed by atoms with E-state index in [9.17, 15) is 4.79 Å². The number of rotatable bonds is 10. The second-order valence-corrected chi connectivity index (χ2v) is 5.67. The molecule has 118 valence electrons. The summed E-state index contributed by atoms with van der Waals surface area (Å²) >= 11 is 0. The Morgan fingerprint density at radius 2 is 1.95 bits per heavy atom. The van der Waals surface area contributed by atoms with Gasteiger partial charge in [-0.25, -0.2) is 0 Å². The zero-order valence-corrected chi connectivity index (χ0v) is 13.3. The van der Waals surface area contributed by atoms with E-state index in [2.05, 4.69) is 17.1 Å². The van der Waals surface area contributed by atoms with E-state index >= 15 is 0 Å². The summed E-state index contributed by atoms with van der Waals surface area (Å²) in [5, 5.41) is 2.95. The summed E-state index contributed by atoms with van der Waals surface area (Å²) in [6.45, 7) is 9.47. The molecule has 0 aliphatic carbocycles. The van der Waals surface area contributed by atoms with Gasteiger partial charge in [-0.05, 0) is 45.1 Å². The topological polar surface area (TPSA) is 41.6 Å². The second-order valence-electron chi connectivity index (χ2n) is 5.67. The maximum absolute atomic E-state index is 11.2. The molecule has 0 unspecified atom stereocenters. The summed E-state index contributed by atoms with van der Waals surface area (Å²) in [6, 6.07) is 0. The summed E-state index contributed by atoms with van der Waals surface area (Å²) in [4.78, 5) is 13.7. The first kappa shape index (κ1) is 17.4. The number of hydrogen-bond donors (Lipinski definition) is 1. The number of amides is 1. The molecule has 0 aromatic carbocycles. The number of nitrogens with one attached hydrogen (secondary N) is 1. The average molecular weight is 284 g/mol. The van der Waals surface area contributed by atoms with Crippen LogP contribution in [0, 0.1) is 0 Å². The molecule has 4 heteroatoms. The predicted molar refractivity (Wildman–Crippen MR) is 82.9 cm³/mol. The van der Waals surface area contributed by atoms with Gasteiger partial charge in [-0.1, -0.05) is 13.8 Å². The number of nitrogens with zero attached hydrogens (tertiary/aromatic N) is 1. The molecule has 1 fully saturated rings. The molecule has 0 aromatic heterocycles. The molecule has 0 radical (unpaired) electrons. The van der Waals surface area contributed by atoms with Crippen LogP contribution in [0.15, 0.2) is 0 Å². The number of carbonyl (C=O) groups excluding carboxylic acids is 1. The molecule has 1 heterocycles. The van der Waals surface area contributed by atoms with Gasteiger partial charge in [-0.2, -0.15) is 0 Å². The number of ether oxygens (including phenoxy) is 1. The van der Waals surface area contributed by atoms with Crippen molar-refractivity contribution >= 4 is 5.91 Å². The third-order valence-corrected chi connectivity index (χ3v) is 3.96. The van der Waals surface area contributed by atoms with E-state index in [0.717, 1.165) is 45.4 Å². The van der Waals surface area contributed by atoms with Crippen molar-refractivity contribution in [3.05, 3.63) is 0 Å². The summed E-state index contributed by atoms with van der Waals surface area (Å²) in [6.07, 6.45) is 7.73. The molecular formula is C16H32N2O2. The summed E-state index contributed by atoms with van der Waals surface area (Å²) < 4.78 is 5.93. The number of unbranched alkanes of at least 4 members (excludes halogenated alkanes) is 2. The van der Waals surface area contributed by atoms with Crippen LogP contribution in [0.2, 0.25) is 0 Å². The predicted octanol–water partition coefficient (Wildman–Crippen LogP) is 2.57. The van der Waals surface area contributed by atoms with E-state index in [1.807, 2.05) is 6.92 Å². The van der Waals surface area contributed by atoms with Crippen molar-refractivity contribution in [2.24, 2.45) is 0 Å². The zero-order chi connectivity index (χ0) is 14.6. The van der Waals surface area contributed by atoms with Crippen LogP contribution in [0.25, 0.3) is 0 Å². The van der Waals surface area contributed by atoms with Gasteiger partial charge < -0.3 is 15.0 Å². The molecule has 0 spiro atoms. The second kappa shape index (κ2) is 11.1. The Kier molecular flexibility index (Phi) is 9.67. The van der Waals surface area contributed by atoms with Gasteiger partial charge in [0.1, 0.15) is 0 Å². The van der Waals surface area contributed by atoms with Crippen LogP contribution >= 0.6 is 0 Å². The van der Waals surface area contributed by atoms with Crippen molar-refractivity contribution in [3.8, 4) is 0 Å². The molecule has 1 N–H and O–H groups in total. The van der Waals surface area contributed by atoms with Gasteiger partial charge in [0, 0.05) is 32.7 Å². The highest BCUT2D eigenvalue weighted by molar-refractivity contribution is 5.75. The fraction of sp³-hybridized carbons (Fsp3) is 0.938. The minimum Gasteiger partial charge on any atom is -0.378 e. The smallest absolute Gasteiger partial charge is 0.219 e. The lowest BCUT2D eigenvalue weighted by Gasteiger charge is -2.30. The molecule has 0 aromatic rings. The standard InChI is InChI=1S/C16H32N2O2/c1-3-8-16(19)17-11-6-5-7-14-20-15-9-12-18(4-2)13-10-15/h15H,3-14H2,1-2H3,(H,17,19). The van der Waals surface area contributed by atoms with E-state index < -0.39 is 0 Å². The summed E-state index contributed by atoms with van der Waals surface area (Å²) in [5.41, 5.74) is 0. The number of hydrogen-bond acceptors (Lipinski definition) is 3. The van der Waals surface area contributed by atoms with Gasteiger partial charge in [0.25, 0.3) is 0 Å². The number of carbonyl (C=O) groups is 1. The Hall–Kier alpha value is -0.610. The highest BCUT2D eigenvalue weighted by Crippen LogP contribution is 2.13. The van der Waals surface area contributed by atoms with Crippen LogP contribution in [0.5, 0.6) is 0 Å². The van der Waals surface area contributed by atoms with Crippen molar-refractivity contribution in [2.45, 2.75) is 64.9 Å². The zero-order valence-electron chi connectivity index (χ0n) is 13.3. The van der Waals surface area contributed by atoms with Crippen LogP contribution < -0.4 is 5.32 Å². The van der Waals surface area contributed by atoms with Crippen molar-refractivity contribution in [1.29, 1.82) is 0 Å². The first-order chi connectivity index (χ1) is 9.76. The first-order valence-corrected chi connectivity index (χ1v) is 8.37. The molecule has 1 aliphatic heterocycles. The van der Waals surface area contributed by atoms with E-state index in [0.29, 0.717) is 12.5 Å². The molecule has 0 saturated carbocycles. The highest BCUT2D eigenvalue weighted by Gasteiger charge is 2.17. The number of piperidine rings is 1. The lowest BCUT2D eigenvalue weighted by atomic mass is 10.1. The molecule has 0 atom stereocenters. The molecule has 4 nitrogen and oxygen atoms in total. The molecule has 20 heavy (non-hydrogen) atoms. The average Bonchev–Trinajstić information content (AvgIpc) is 2.47. The Morgan fingerprint density at radius 1 is 1.20 bits per heavy atom. The van der Waals surface area contributed by atoms with Crippen molar-refractivity contribution in [3.63, 3.8) is 0 Å². The third kappa shape index (κ3) is 7.85. The van der Waals surface area contributed by atoms with Crippen LogP contribution in [0.4, 0.5) is 0 Å². The molecule has 1 amide bonds. The van der Waals surface area contributed by atoms with E-state index in [1.165, 1.54) is 25.9 Å². The summed E-state index contributed by atoms with van der Waals surface area (Å²) in [5.74, 6) is 0.187. The van der Waals surface area contributed by atoms with Gasteiger partial charge >= 0.3 is 0 Å². The molecule has 1 saturated heterocycles. The fourth-order valence-corrected chi connectivity index (χ4v) is 2.59. The molecule has 1 rings (SSSR count). The van der Waals surface area contributed by atoms with E-state index in [-0.39, 0.29) is 5.91 Å². The fourth-order valence-electron chi connectivity index (χ4n) is 2.59. The lowest BCUT2D eigenvalue weighted by Crippen LogP contribution is -2.36. The monoisotopic (exact) mass is 284 g/mol. The first-order valence-electron chi connectivity index (χ1n) is 8.37. The van der Waals surface area contributed by atoms with Crippen LogP contribution in [0.1, 0.15) is 58.8 Å². The van der Waals surface area contributed by atoms with Crippen molar-refractivity contribution in [1.82, 2.24) is 10.2 Å². The van der Waals surface area contributed by atoms with Gasteiger partial charge in [-0.3, -0.25) is 4.79 Å².